The molecule has 0 aliphatic carbocycles. The number of nitrogens with two attached hydrogens (primary N) is 1. The predicted octanol–water partition coefficient (Wildman–Crippen LogP) is 2.44. The molecular weight excluding hydrogens is 534 g/mol. The lowest BCUT2D eigenvalue weighted by atomic mass is 9.98. The zero-order valence-corrected chi connectivity index (χ0v) is 22.0. The van der Waals surface area contributed by atoms with Crippen LogP contribution in [0.4, 0.5) is 5.82 Å². The third-order valence-electron chi connectivity index (χ3n) is 6.80. The highest BCUT2D eigenvalue weighted by atomic mass is 16.6. The zero-order chi connectivity index (χ0) is 29.1. The van der Waals surface area contributed by atoms with Gasteiger partial charge in [0.2, 0.25) is 0 Å². The van der Waals surface area contributed by atoms with Gasteiger partial charge in [0.1, 0.15) is 35.9 Å². The van der Waals surface area contributed by atoms with Crippen LogP contribution in [0.15, 0.2) is 55.1 Å². The standard InChI is InChI=1S/C28H27N5O8/c1-39-28(38)19-8-6-15(7-9-20(34)17-4-2-3-5-18(17)27(36)37)10-22(19)40-12-16-11-21(35)26(41-16)33-14-32-23-24(29)30-13-31-25(23)33/h2-6,8,10,13-14,16,21,26,35H,7,9,11-12H2,1H3,(H,36,37)(H2,29,30,31)/t16-,21+,26+/m0/s1. The number of methoxy groups -OCH3 is 1. The number of nitrogens with zero attached hydrogens (tertiary/aromatic N) is 4. The van der Waals surface area contributed by atoms with Crippen LogP contribution in [0.3, 0.4) is 0 Å². The van der Waals surface area contributed by atoms with Gasteiger partial charge < -0.3 is 30.2 Å². The van der Waals surface area contributed by atoms with Gasteiger partial charge in [0, 0.05) is 18.4 Å². The molecule has 4 N–H and O–H groups in total. The van der Waals surface area contributed by atoms with Crippen LogP contribution >= 0.6 is 0 Å². The lowest BCUT2D eigenvalue weighted by molar-refractivity contribution is -0.0458. The molecule has 0 spiro atoms. The van der Waals surface area contributed by atoms with Crippen LogP contribution in [-0.2, 0) is 15.9 Å². The number of aryl methyl sites for hydroxylation is 1. The number of anilines is 1. The molecule has 3 heterocycles. The number of hydrogen-bond donors (Lipinski definition) is 3. The van der Waals surface area contributed by atoms with Crippen molar-refractivity contribution in [3.63, 3.8) is 0 Å². The summed E-state index contributed by atoms with van der Waals surface area (Å²) in [6.07, 6.45) is 1.15. The summed E-state index contributed by atoms with van der Waals surface area (Å²) in [6.45, 7) is 0.00960. The fourth-order valence-corrected chi connectivity index (χ4v) is 4.75. The van der Waals surface area contributed by atoms with Crippen molar-refractivity contribution >= 4 is 34.7 Å². The van der Waals surface area contributed by atoms with Gasteiger partial charge in [0.25, 0.3) is 0 Å². The average Bonchev–Trinajstić information content (AvgIpc) is 3.57. The molecule has 2 aromatic heterocycles. The molecule has 0 bridgehead atoms. The Morgan fingerprint density at radius 1 is 1.10 bits per heavy atom. The molecule has 212 valence electrons. The summed E-state index contributed by atoms with van der Waals surface area (Å²) in [4.78, 5) is 49.0. The van der Waals surface area contributed by atoms with Crippen molar-refractivity contribution in [1.82, 2.24) is 19.5 Å². The Bertz CT molecular complexity index is 1620. The number of esters is 1. The van der Waals surface area contributed by atoms with Gasteiger partial charge >= 0.3 is 11.9 Å². The van der Waals surface area contributed by atoms with Crippen molar-refractivity contribution in [1.29, 1.82) is 0 Å². The molecule has 1 fully saturated rings. The minimum atomic E-state index is -1.17. The molecule has 0 saturated carbocycles. The Labute approximate surface area is 233 Å². The second kappa shape index (κ2) is 11.7. The Morgan fingerprint density at radius 3 is 2.63 bits per heavy atom. The fourth-order valence-electron chi connectivity index (χ4n) is 4.75. The molecule has 13 nitrogen and oxygen atoms in total. The third kappa shape index (κ3) is 5.71. The molecule has 41 heavy (non-hydrogen) atoms. The molecule has 3 atom stereocenters. The van der Waals surface area contributed by atoms with Gasteiger partial charge in [-0.15, -0.1) is 0 Å². The second-order valence-electron chi connectivity index (χ2n) is 9.44. The Kier molecular flexibility index (Phi) is 7.90. The highest BCUT2D eigenvalue weighted by Gasteiger charge is 2.37. The number of ether oxygens (including phenoxy) is 3. The highest BCUT2D eigenvalue weighted by Crippen LogP contribution is 2.32. The Morgan fingerprint density at radius 2 is 1.88 bits per heavy atom. The zero-order valence-electron chi connectivity index (χ0n) is 22.0. The first kappa shape index (κ1) is 27.7. The molecule has 0 unspecified atom stereocenters. The second-order valence-corrected chi connectivity index (χ2v) is 9.44. The van der Waals surface area contributed by atoms with Gasteiger partial charge in [0.05, 0.1) is 25.1 Å². The van der Waals surface area contributed by atoms with E-state index in [1.165, 1.54) is 31.9 Å². The first-order valence-electron chi connectivity index (χ1n) is 12.7. The van der Waals surface area contributed by atoms with E-state index in [4.69, 9.17) is 19.9 Å². The number of carbonyl (C=O) groups is 3. The van der Waals surface area contributed by atoms with Crippen molar-refractivity contribution in [3.05, 3.63) is 77.4 Å². The van der Waals surface area contributed by atoms with Crippen LogP contribution in [0, 0.1) is 0 Å². The molecule has 5 rings (SSSR count). The number of aromatic nitrogens is 4. The van der Waals surface area contributed by atoms with Crippen LogP contribution in [0.2, 0.25) is 0 Å². The number of carboxylic acids is 1. The van der Waals surface area contributed by atoms with Crippen LogP contribution in [0.1, 0.15) is 55.7 Å². The van der Waals surface area contributed by atoms with Crippen LogP contribution in [0.25, 0.3) is 11.2 Å². The molecule has 0 radical (unpaired) electrons. The molecule has 0 amide bonds. The topological polar surface area (TPSA) is 189 Å². The lowest BCUT2D eigenvalue weighted by Gasteiger charge is -2.18. The van der Waals surface area contributed by atoms with E-state index >= 15 is 0 Å². The Balaban J connectivity index is 1.28. The summed E-state index contributed by atoms with van der Waals surface area (Å²) in [7, 11) is 1.26. The number of fused-ring (bicyclic) bond motifs is 1. The maximum Gasteiger partial charge on any atom is 0.341 e. The monoisotopic (exact) mass is 561 g/mol. The minimum Gasteiger partial charge on any atom is -0.490 e. The van der Waals surface area contributed by atoms with Crippen molar-refractivity contribution in [2.75, 3.05) is 19.5 Å². The van der Waals surface area contributed by atoms with E-state index in [-0.39, 0.29) is 59.9 Å². The Hall–Kier alpha value is -4.88. The normalized spacial score (nSPS) is 18.3. The van der Waals surface area contributed by atoms with E-state index < -0.39 is 30.4 Å². The fraction of sp³-hybridized carbons (Fsp3) is 0.286. The number of rotatable bonds is 10. The number of nitrogen functional groups attached to an aromatic ring is 1. The van der Waals surface area contributed by atoms with Gasteiger partial charge in [-0.05, 0) is 30.2 Å². The number of aliphatic hydroxyl groups is 1. The number of carboxylic acid groups (broad SMARTS) is 1. The lowest BCUT2D eigenvalue weighted by Crippen LogP contribution is -2.20. The summed E-state index contributed by atoms with van der Waals surface area (Å²) in [5, 5.41) is 20.1. The number of Topliss-reactive ketones (excluding diaryl/α,β-unsaturated/α-hetero) is 1. The summed E-state index contributed by atoms with van der Waals surface area (Å²) in [6, 6.07) is 10.9. The van der Waals surface area contributed by atoms with E-state index in [9.17, 15) is 24.6 Å². The van der Waals surface area contributed by atoms with Crippen molar-refractivity contribution in [2.24, 2.45) is 0 Å². The highest BCUT2D eigenvalue weighted by molar-refractivity contribution is 6.05. The number of hydrogen-bond acceptors (Lipinski definition) is 11. The van der Waals surface area contributed by atoms with Gasteiger partial charge in [0.15, 0.2) is 23.5 Å². The molecule has 4 aromatic rings. The molecular formula is C28H27N5O8. The molecule has 13 heteroatoms. The van der Waals surface area contributed by atoms with Crippen LogP contribution in [-0.4, -0.2) is 73.4 Å². The summed E-state index contributed by atoms with van der Waals surface area (Å²) in [5.41, 5.74) is 7.63. The first-order valence-corrected chi connectivity index (χ1v) is 12.7. The third-order valence-corrected chi connectivity index (χ3v) is 6.80. The van der Waals surface area contributed by atoms with E-state index in [0.29, 0.717) is 16.7 Å². The first-order chi connectivity index (χ1) is 19.8. The van der Waals surface area contributed by atoms with Crippen molar-refractivity contribution in [2.45, 2.75) is 37.7 Å². The summed E-state index contributed by atoms with van der Waals surface area (Å²) >= 11 is 0. The van der Waals surface area contributed by atoms with Crippen LogP contribution < -0.4 is 10.5 Å². The number of ketones is 1. The quantitative estimate of drug-likeness (QED) is 0.190. The maximum absolute atomic E-state index is 12.8. The van der Waals surface area contributed by atoms with Crippen molar-refractivity contribution < 1.29 is 38.8 Å². The average molecular weight is 562 g/mol. The van der Waals surface area contributed by atoms with Gasteiger partial charge in [-0.25, -0.2) is 24.5 Å². The van der Waals surface area contributed by atoms with E-state index in [2.05, 4.69) is 15.0 Å². The SMILES string of the molecule is COC(=O)c1ccc(CCC(=O)c2ccccc2C(=O)O)cc1OC[C@@H]1C[C@@H](O)[C@H](n2cnc3c(N)ncnc32)O1. The molecule has 1 aliphatic heterocycles. The summed E-state index contributed by atoms with van der Waals surface area (Å²) in [5.74, 6) is -1.66. The number of imidazole rings is 1. The van der Waals surface area contributed by atoms with E-state index in [1.807, 2.05) is 0 Å². The van der Waals surface area contributed by atoms with Gasteiger partial charge in [-0.1, -0.05) is 24.3 Å². The van der Waals surface area contributed by atoms with E-state index in [1.54, 1.807) is 34.9 Å². The van der Waals surface area contributed by atoms with Crippen molar-refractivity contribution in [3.8, 4) is 5.75 Å². The van der Waals surface area contributed by atoms with E-state index in [0.717, 1.165) is 0 Å². The molecule has 1 aliphatic rings. The smallest absolute Gasteiger partial charge is 0.341 e. The minimum absolute atomic E-state index is 0.00960. The molecule has 1 saturated heterocycles. The maximum atomic E-state index is 12.8. The number of aliphatic hydroxyl groups excluding tert-OH is 1. The van der Waals surface area contributed by atoms with Gasteiger partial charge in [-0.3, -0.25) is 9.36 Å². The van der Waals surface area contributed by atoms with Crippen LogP contribution in [0.5, 0.6) is 5.75 Å². The molecule has 2 aromatic carbocycles. The predicted molar refractivity (Wildman–Crippen MR) is 144 cm³/mol. The largest absolute Gasteiger partial charge is 0.490 e. The number of carbonyl (C=O) groups excluding carboxylic acids is 2. The van der Waals surface area contributed by atoms with Gasteiger partial charge in [-0.2, -0.15) is 0 Å². The number of benzene rings is 2. The summed E-state index contributed by atoms with van der Waals surface area (Å²) < 4.78 is 18.5. The number of aromatic carboxylic acids is 1.